The standard InChI is InChI=1S/C5H11NO3S.FH/c7-10(8,9)6-5-3-1-2-4-5;/h5-6H,1-4H2,(H,7,8,9);1H. The molecule has 0 saturated heterocycles. The van der Waals surface area contributed by atoms with Gasteiger partial charge in [-0.05, 0) is 12.8 Å². The van der Waals surface area contributed by atoms with E-state index < -0.39 is 10.3 Å². The first-order valence-corrected chi connectivity index (χ1v) is 4.77. The molecular weight excluding hydrogens is 173 g/mol. The number of nitrogens with one attached hydrogen (secondary N) is 1. The Labute approximate surface area is 65.2 Å². The van der Waals surface area contributed by atoms with Crippen LogP contribution in [0.2, 0.25) is 0 Å². The number of hydrogen-bond acceptors (Lipinski definition) is 2. The Kier molecular flexibility index (Phi) is 3.91. The third-order valence-electron chi connectivity index (χ3n) is 1.67. The first-order valence-electron chi connectivity index (χ1n) is 3.33. The van der Waals surface area contributed by atoms with Gasteiger partial charge < -0.3 is 0 Å². The molecule has 0 bridgehead atoms. The van der Waals surface area contributed by atoms with E-state index in [1.165, 1.54) is 0 Å². The van der Waals surface area contributed by atoms with Crippen molar-refractivity contribution in [1.29, 1.82) is 0 Å². The highest BCUT2D eigenvalue weighted by molar-refractivity contribution is 7.83. The van der Waals surface area contributed by atoms with Gasteiger partial charge in [0.25, 0.3) is 0 Å². The summed E-state index contributed by atoms with van der Waals surface area (Å²) in [4.78, 5) is 0. The zero-order valence-corrected chi connectivity index (χ0v) is 6.80. The number of hydrogen-bond donors (Lipinski definition) is 2. The van der Waals surface area contributed by atoms with Gasteiger partial charge >= 0.3 is 10.3 Å². The van der Waals surface area contributed by atoms with Gasteiger partial charge in [0.15, 0.2) is 0 Å². The Hall–Kier alpha value is -0.200. The molecule has 0 spiro atoms. The van der Waals surface area contributed by atoms with Crippen LogP contribution in [0.1, 0.15) is 25.7 Å². The Bertz CT molecular complexity index is 198. The fourth-order valence-corrected chi connectivity index (χ4v) is 1.91. The second-order valence-electron chi connectivity index (χ2n) is 2.57. The molecule has 1 aliphatic carbocycles. The van der Waals surface area contributed by atoms with Gasteiger partial charge in [0.05, 0.1) is 0 Å². The molecule has 1 aliphatic rings. The van der Waals surface area contributed by atoms with Crippen LogP contribution in [-0.2, 0) is 10.3 Å². The first-order chi connectivity index (χ1) is 4.58. The Morgan fingerprint density at radius 1 is 1.27 bits per heavy atom. The Morgan fingerprint density at radius 3 is 2.09 bits per heavy atom. The summed E-state index contributed by atoms with van der Waals surface area (Å²) in [6.45, 7) is 0. The van der Waals surface area contributed by atoms with Crippen LogP contribution in [0.25, 0.3) is 0 Å². The molecule has 0 amide bonds. The summed E-state index contributed by atoms with van der Waals surface area (Å²) in [7, 11) is -3.96. The van der Waals surface area contributed by atoms with Crippen LogP contribution in [0.3, 0.4) is 0 Å². The lowest BCUT2D eigenvalue weighted by Gasteiger charge is -2.06. The minimum absolute atomic E-state index is 0. The van der Waals surface area contributed by atoms with Gasteiger partial charge in [-0.25, -0.2) is 0 Å². The second-order valence-corrected chi connectivity index (χ2v) is 3.76. The van der Waals surface area contributed by atoms with Crippen LogP contribution in [0.15, 0.2) is 0 Å². The first kappa shape index (κ1) is 10.8. The van der Waals surface area contributed by atoms with Crippen molar-refractivity contribution in [2.24, 2.45) is 0 Å². The maximum atomic E-state index is 10.2. The molecule has 0 unspecified atom stereocenters. The lowest BCUT2D eigenvalue weighted by Crippen LogP contribution is -2.31. The molecule has 0 aromatic carbocycles. The lowest BCUT2D eigenvalue weighted by atomic mass is 10.3. The number of halogens is 1. The highest BCUT2D eigenvalue weighted by Crippen LogP contribution is 2.17. The van der Waals surface area contributed by atoms with Crippen molar-refractivity contribution in [2.45, 2.75) is 31.7 Å². The normalized spacial score (nSPS) is 19.7. The van der Waals surface area contributed by atoms with Gasteiger partial charge in [-0.3, -0.25) is 9.26 Å². The van der Waals surface area contributed by atoms with E-state index in [1.54, 1.807) is 0 Å². The van der Waals surface area contributed by atoms with E-state index >= 15 is 0 Å². The van der Waals surface area contributed by atoms with Crippen LogP contribution in [0.5, 0.6) is 0 Å². The number of rotatable bonds is 2. The van der Waals surface area contributed by atoms with E-state index in [0.717, 1.165) is 25.7 Å². The monoisotopic (exact) mass is 185 g/mol. The van der Waals surface area contributed by atoms with Crippen molar-refractivity contribution in [1.82, 2.24) is 4.72 Å². The minimum Gasteiger partial charge on any atom is -0.273 e. The minimum atomic E-state index is -3.96. The SMILES string of the molecule is F.O=S(=O)(O)NC1CCCC1. The molecule has 68 valence electrons. The van der Waals surface area contributed by atoms with Crippen molar-refractivity contribution in [3.05, 3.63) is 0 Å². The third kappa shape index (κ3) is 4.28. The maximum absolute atomic E-state index is 10.2. The summed E-state index contributed by atoms with van der Waals surface area (Å²) in [5, 5.41) is 0. The van der Waals surface area contributed by atoms with E-state index in [1.807, 2.05) is 0 Å². The van der Waals surface area contributed by atoms with Crippen molar-refractivity contribution < 1.29 is 17.7 Å². The molecule has 0 aromatic heterocycles. The molecule has 0 radical (unpaired) electrons. The van der Waals surface area contributed by atoms with Crippen LogP contribution >= 0.6 is 0 Å². The van der Waals surface area contributed by atoms with E-state index in [0.29, 0.717) is 0 Å². The lowest BCUT2D eigenvalue weighted by molar-refractivity contribution is 0.452. The molecule has 1 saturated carbocycles. The topological polar surface area (TPSA) is 66.4 Å². The summed E-state index contributed by atoms with van der Waals surface area (Å²) >= 11 is 0. The smallest absolute Gasteiger partial charge is 0.273 e. The summed E-state index contributed by atoms with van der Waals surface area (Å²) in [6, 6.07) is -0.0324. The van der Waals surface area contributed by atoms with E-state index in [9.17, 15) is 8.42 Å². The van der Waals surface area contributed by atoms with Crippen molar-refractivity contribution in [2.75, 3.05) is 0 Å². The highest BCUT2D eigenvalue weighted by atomic mass is 32.2. The highest BCUT2D eigenvalue weighted by Gasteiger charge is 2.18. The zero-order chi connectivity index (χ0) is 7.61. The molecule has 6 heteroatoms. The van der Waals surface area contributed by atoms with Gasteiger partial charge in [-0.2, -0.15) is 13.1 Å². The van der Waals surface area contributed by atoms with Gasteiger partial charge in [0.2, 0.25) is 0 Å². The van der Waals surface area contributed by atoms with E-state index in [4.69, 9.17) is 4.55 Å². The summed E-state index contributed by atoms with van der Waals surface area (Å²) in [5.74, 6) is 0. The molecule has 0 aromatic rings. The van der Waals surface area contributed by atoms with Gasteiger partial charge in [-0.15, -0.1) is 0 Å². The fraction of sp³-hybridized carbons (Fsp3) is 1.00. The molecule has 11 heavy (non-hydrogen) atoms. The van der Waals surface area contributed by atoms with Crippen molar-refractivity contribution in [3.8, 4) is 0 Å². The average molecular weight is 185 g/mol. The maximum Gasteiger partial charge on any atom is 0.333 e. The Morgan fingerprint density at radius 2 is 1.73 bits per heavy atom. The molecule has 1 fully saturated rings. The van der Waals surface area contributed by atoms with Crippen molar-refractivity contribution in [3.63, 3.8) is 0 Å². The predicted octanol–water partition coefficient (Wildman–Crippen LogP) is 0.474. The fourth-order valence-electron chi connectivity index (χ4n) is 1.25. The second kappa shape index (κ2) is 3.99. The average Bonchev–Trinajstić information content (AvgIpc) is 2.12. The van der Waals surface area contributed by atoms with Gasteiger partial charge in [0, 0.05) is 6.04 Å². The summed E-state index contributed by atoms with van der Waals surface area (Å²) < 4.78 is 30.9. The molecule has 0 atom stereocenters. The van der Waals surface area contributed by atoms with Crippen LogP contribution < -0.4 is 4.72 Å². The molecule has 0 aliphatic heterocycles. The van der Waals surface area contributed by atoms with Gasteiger partial charge in [-0.1, -0.05) is 12.8 Å². The van der Waals surface area contributed by atoms with Crippen LogP contribution in [-0.4, -0.2) is 19.0 Å². The largest absolute Gasteiger partial charge is 0.333 e. The molecule has 1 rings (SSSR count). The van der Waals surface area contributed by atoms with Gasteiger partial charge in [0.1, 0.15) is 0 Å². The molecule has 0 heterocycles. The van der Waals surface area contributed by atoms with E-state index in [2.05, 4.69) is 4.72 Å². The third-order valence-corrected chi connectivity index (χ3v) is 2.30. The zero-order valence-electron chi connectivity index (χ0n) is 5.99. The summed E-state index contributed by atoms with van der Waals surface area (Å²) in [6.07, 6.45) is 3.79. The quantitative estimate of drug-likeness (QED) is 0.615. The molecule has 2 N–H and O–H groups in total. The van der Waals surface area contributed by atoms with Crippen molar-refractivity contribution >= 4 is 10.3 Å². The summed E-state index contributed by atoms with van der Waals surface area (Å²) in [5.41, 5.74) is 0. The van der Waals surface area contributed by atoms with E-state index in [-0.39, 0.29) is 10.7 Å². The molecule has 4 nitrogen and oxygen atoms in total. The molecular formula is C5H12FNO3S. The van der Waals surface area contributed by atoms with Crippen LogP contribution in [0, 0.1) is 0 Å². The van der Waals surface area contributed by atoms with Crippen LogP contribution in [0.4, 0.5) is 4.70 Å². The predicted molar refractivity (Wildman–Crippen MR) is 39.4 cm³/mol. The Balaban J connectivity index is 0.000001000.